The molecule has 1 amide bonds. The van der Waals surface area contributed by atoms with Crippen LogP contribution in [-0.4, -0.2) is 52.2 Å². The number of aliphatic hydroxyl groups is 1. The third-order valence-corrected chi connectivity index (χ3v) is 8.79. The third kappa shape index (κ3) is 4.24. The molecule has 2 aromatic heterocycles. The lowest BCUT2D eigenvalue weighted by molar-refractivity contribution is -0.0247. The molecule has 4 aromatic rings. The maximum absolute atomic E-state index is 13.0. The van der Waals surface area contributed by atoms with Gasteiger partial charge >= 0.3 is 0 Å². The zero-order valence-electron chi connectivity index (χ0n) is 18.6. The van der Waals surface area contributed by atoms with E-state index in [0.717, 1.165) is 4.70 Å². The number of fused-ring (bicyclic) bond motifs is 1. The first-order chi connectivity index (χ1) is 16.2. The summed E-state index contributed by atoms with van der Waals surface area (Å²) < 4.78 is 28.5. The number of hydrogen-bond donors (Lipinski definition) is 1. The van der Waals surface area contributed by atoms with Crippen LogP contribution in [0.25, 0.3) is 10.2 Å². The highest BCUT2D eigenvalue weighted by molar-refractivity contribution is 7.90. The number of nitrogens with zero attached hydrogens (tertiary/aromatic N) is 4. The summed E-state index contributed by atoms with van der Waals surface area (Å²) in [7, 11) is -1.78. The molecule has 176 valence electrons. The minimum absolute atomic E-state index is 0.135. The summed E-state index contributed by atoms with van der Waals surface area (Å²) in [5.41, 5.74) is 2.83. The molecule has 8 nitrogen and oxygen atoms in total. The van der Waals surface area contributed by atoms with Crippen LogP contribution in [0.3, 0.4) is 0 Å². The van der Waals surface area contributed by atoms with Crippen molar-refractivity contribution in [1.29, 1.82) is 0 Å². The van der Waals surface area contributed by atoms with Gasteiger partial charge in [0, 0.05) is 31.9 Å². The summed E-state index contributed by atoms with van der Waals surface area (Å²) in [6, 6.07) is 13.6. The Balaban J connectivity index is 1.26. The van der Waals surface area contributed by atoms with E-state index < -0.39 is 15.4 Å². The Kier molecular flexibility index (Phi) is 5.75. The van der Waals surface area contributed by atoms with Gasteiger partial charge in [-0.1, -0.05) is 18.2 Å². The van der Waals surface area contributed by atoms with Crippen molar-refractivity contribution in [2.75, 3.05) is 13.1 Å². The van der Waals surface area contributed by atoms with Gasteiger partial charge in [-0.3, -0.25) is 9.48 Å². The molecule has 0 radical (unpaired) electrons. The zero-order chi connectivity index (χ0) is 23.9. The molecule has 1 aliphatic rings. The second kappa shape index (κ2) is 8.61. The molecular formula is C24H24N4O4S2. The van der Waals surface area contributed by atoms with Crippen molar-refractivity contribution in [2.45, 2.75) is 29.1 Å². The molecular weight excluding hydrogens is 472 g/mol. The quantitative estimate of drug-likeness (QED) is 0.455. The van der Waals surface area contributed by atoms with E-state index in [2.05, 4.69) is 10.1 Å². The van der Waals surface area contributed by atoms with Crippen LogP contribution in [0.4, 0.5) is 0 Å². The van der Waals surface area contributed by atoms with Gasteiger partial charge in [0.05, 0.1) is 32.1 Å². The minimum Gasteiger partial charge on any atom is -0.383 e. The standard InChI is InChI=1S/C24H24N4O4S2/c1-27-12-9-21(26-27)24(30)10-13-28(14-11-24)23(29)18-7-5-17(6-8-18)15-34(31,32)20-4-2-3-19-22(20)25-16-33-19/h2-9,12,16,30H,10-11,13-15H2,1H3. The largest absolute Gasteiger partial charge is 0.383 e. The molecule has 0 bridgehead atoms. The van der Waals surface area contributed by atoms with Crippen LogP contribution in [0, 0.1) is 0 Å². The monoisotopic (exact) mass is 496 g/mol. The number of carbonyl (C=O) groups excluding carboxylic acids is 1. The maximum atomic E-state index is 13.0. The Morgan fingerprint density at radius 1 is 1.12 bits per heavy atom. The summed E-state index contributed by atoms with van der Waals surface area (Å²) in [4.78, 5) is 19.1. The van der Waals surface area contributed by atoms with Gasteiger partial charge in [0.1, 0.15) is 5.60 Å². The third-order valence-electron chi connectivity index (χ3n) is 6.28. The van der Waals surface area contributed by atoms with Gasteiger partial charge < -0.3 is 10.0 Å². The lowest BCUT2D eigenvalue weighted by atomic mass is 9.88. The van der Waals surface area contributed by atoms with E-state index in [9.17, 15) is 18.3 Å². The Morgan fingerprint density at radius 2 is 1.85 bits per heavy atom. The van der Waals surface area contributed by atoms with Crippen molar-refractivity contribution in [1.82, 2.24) is 19.7 Å². The van der Waals surface area contributed by atoms with E-state index in [1.54, 1.807) is 70.8 Å². The number of benzene rings is 2. The number of amides is 1. The smallest absolute Gasteiger partial charge is 0.253 e. The van der Waals surface area contributed by atoms with Crippen LogP contribution in [0.5, 0.6) is 0 Å². The molecule has 5 rings (SSSR count). The van der Waals surface area contributed by atoms with Crippen molar-refractivity contribution in [3.8, 4) is 0 Å². The average Bonchev–Trinajstić information content (AvgIpc) is 3.48. The fourth-order valence-electron chi connectivity index (χ4n) is 4.33. The van der Waals surface area contributed by atoms with Gasteiger partial charge in [-0.2, -0.15) is 5.10 Å². The highest BCUT2D eigenvalue weighted by atomic mass is 32.2. The number of rotatable bonds is 5. The first kappa shape index (κ1) is 22.7. The predicted molar refractivity (Wildman–Crippen MR) is 129 cm³/mol. The van der Waals surface area contributed by atoms with Gasteiger partial charge in [-0.05, 0) is 48.7 Å². The van der Waals surface area contributed by atoms with Crippen LogP contribution in [0.1, 0.15) is 34.5 Å². The molecule has 0 saturated carbocycles. The van der Waals surface area contributed by atoms with Crippen molar-refractivity contribution in [3.05, 3.63) is 77.1 Å². The molecule has 1 fully saturated rings. The van der Waals surface area contributed by atoms with Crippen molar-refractivity contribution in [2.24, 2.45) is 7.05 Å². The lowest BCUT2D eigenvalue weighted by Crippen LogP contribution is -2.45. The Bertz CT molecular complexity index is 1450. The van der Waals surface area contributed by atoms with E-state index >= 15 is 0 Å². The van der Waals surface area contributed by atoms with Crippen LogP contribution < -0.4 is 0 Å². The number of aromatic nitrogens is 3. The first-order valence-corrected chi connectivity index (χ1v) is 13.4. The number of piperidine rings is 1. The highest BCUT2D eigenvalue weighted by Crippen LogP contribution is 2.32. The van der Waals surface area contributed by atoms with Gasteiger partial charge in [0.15, 0.2) is 9.84 Å². The molecule has 0 spiro atoms. The van der Waals surface area contributed by atoms with Crippen molar-refractivity contribution < 1.29 is 18.3 Å². The second-order valence-electron chi connectivity index (χ2n) is 8.61. The summed E-state index contributed by atoms with van der Waals surface area (Å²) in [5.74, 6) is -0.302. The summed E-state index contributed by atoms with van der Waals surface area (Å²) in [6.07, 6.45) is 2.62. The molecule has 34 heavy (non-hydrogen) atoms. The van der Waals surface area contributed by atoms with Crippen LogP contribution in [0.2, 0.25) is 0 Å². The van der Waals surface area contributed by atoms with E-state index in [4.69, 9.17) is 0 Å². The normalized spacial score (nSPS) is 16.1. The molecule has 1 N–H and O–H groups in total. The molecule has 3 heterocycles. The van der Waals surface area contributed by atoms with Crippen molar-refractivity contribution >= 4 is 37.3 Å². The number of para-hydroxylation sites is 1. The molecule has 1 saturated heterocycles. The van der Waals surface area contributed by atoms with Crippen molar-refractivity contribution in [3.63, 3.8) is 0 Å². The summed E-state index contributed by atoms with van der Waals surface area (Å²) in [5, 5.41) is 15.3. The summed E-state index contributed by atoms with van der Waals surface area (Å²) in [6.45, 7) is 0.833. The maximum Gasteiger partial charge on any atom is 0.253 e. The number of thiazole rings is 1. The van der Waals surface area contributed by atoms with Crippen LogP contribution in [-0.2, 0) is 28.2 Å². The molecule has 0 atom stereocenters. The van der Waals surface area contributed by atoms with Crippen LogP contribution in [0.15, 0.2) is 65.1 Å². The molecule has 0 unspecified atom stereocenters. The molecule has 1 aliphatic heterocycles. The van der Waals surface area contributed by atoms with E-state index in [1.165, 1.54) is 11.3 Å². The topological polar surface area (TPSA) is 105 Å². The molecule has 10 heteroatoms. The predicted octanol–water partition coefficient (Wildman–Crippen LogP) is 3.13. The fraction of sp³-hybridized carbons (Fsp3) is 0.292. The number of aryl methyl sites for hydroxylation is 1. The molecule has 0 aliphatic carbocycles. The minimum atomic E-state index is -3.59. The first-order valence-electron chi connectivity index (χ1n) is 10.9. The number of hydrogen-bond acceptors (Lipinski definition) is 7. The average molecular weight is 497 g/mol. The Morgan fingerprint density at radius 3 is 2.53 bits per heavy atom. The zero-order valence-corrected chi connectivity index (χ0v) is 20.2. The van der Waals surface area contributed by atoms with Crippen LogP contribution >= 0.6 is 11.3 Å². The molecule has 2 aromatic carbocycles. The van der Waals surface area contributed by atoms with Gasteiger partial charge in [-0.15, -0.1) is 11.3 Å². The van der Waals surface area contributed by atoms with Gasteiger partial charge in [0.2, 0.25) is 0 Å². The van der Waals surface area contributed by atoms with Gasteiger partial charge in [-0.25, -0.2) is 13.4 Å². The van der Waals surface area contributed by atoms with E-state index in [1.807, 2.05) is 6.07 Å². The summed E-state index contributed by atoms with van der Waals surface area (Å²) >= 11 is 1.40. The second-order valence-corrected chi connectivity index (χ2v) is 11.5. The lowest BCUT2D eigenvalue weighted by Gasteiger charge is -2.37. The van der Waals surface area contributed by atoms with E-state index in [-0.39, 0.29) is 16.6 Å². The number of carbonyl (C=O) groups is 1. The fourth-order valence-corrected chi connectivity index (χ4v) is 6.63. The van der Waals surface area contributed by atoms with E-state index in [0.29, 0.717) is 48.3 Å². The number of sulfone groups is 1. The Labute approximate surface area is 201 Å². The van der Waals surface area contributed by atoms with Gasteiger partial charge in [0.25, 0.3) is 5.91 Å². The number of likely N-dealkylation sites (tertiary alicyclic amines) is 1. The highest BCUT2D eigenvalue weighted by Gasteiger charge is 2.37. The Hall–Kier alpha value is -3.08. The SMILES string of the molecule is Cn1ccc(C2(O)CCN(C(=O)c3ccc(CS(=O)(=O)c4cccc5scnc45)cc3)CC2)n1.